The molecular formula is C36H45ClN4O5S. The average molecular weight is 681 g/mol. The van der Waals surface area contributed by atoms with Crippen molar-refractivity contribution in [3.63, 3.8) is 0 Å². The van der Waals surface area contributed by atoms with E-state index in [0.717, 1.165) is 55.8 Å². The number of rotatable bonds is 3. The van der Waals surface area contributed by atoms with E-state index in [1.807, 2.05) is 25.1 Å². The number of hydrogen-bond donors (Lipinski definition) is 2. The molecule has 0 spiro atoms. The van der Waals surface area contributed by atoms with E-state index in [9.17, 15) is 13.8 Å². The van der Waals surface area contributed by atoms with Crippen LogP contribution in [0.5, 0.6) is 5.75 Å². The van der Waals surface area contributed by atoms with Gasteiger partial charge in [-0.05, 0) is 116 Å². The Morgan fingerprint density at radius 2 is 1.96 bits per heavy atom. The van der Waals surface area contributed by atoms with E-state index < -0.39 is 21.9 Å². The molecule has 3 fully saturated rings. The van der Waals surface area contributed by atoms with E-state index in [0.29, 0.717) is 54.6 Å². The summed E-state index contributed by atoms with van der Waals surface area (Å²) in [5.74, 6) is 1.79. The van der Waals surface area contributed by atoms with Gasteiger partial charge in [0.05, 0.1) is 24.2 Å². The van der Waals surface area contributed by atoms with Gasteiger partial charge >= 0.3 is 6.03 Å². The number of benzene rings is 2. The highest BCUT2D eigenvalue weighted by molar-refractivity contribution is 7.92. The third-order valence-electron chi connectivity index (χ3n) is 10.5. The van der Waals surface area contributed by atoms with Crippen molar-refractivity contribution >= 4 is 39.1 Å². The van der Waals surface area contributed by atoms with Crippen LogP contribution in [0.2, 0.25) is 5.02 Å². The first kappa shape index (κ1) is 32.5. The van der Waals surface area contributed by atoms with Crippen molar-refractivity contribution in [3.05, 3.63) is 70.3 Å². The summed E-state index contributed by atoms with van der Waals surface area (Å²) in [5, 5.41) is 3.57. The number of nitrogens with zero attached hydrogens (tertiary/aromatic N) is 2. The van der Waals surface area contributed by atoms with E-state index in [1.54, 1.807) is 13.2 Å². The number of allylic oxidation sites excluding steroid dienone is 1. The van der Waals surface area contributed by atoms with Gasteiger partial charge in [0.2, 0.25) is 0 Å². The zero-order chi connectivity index (χ0) is 32.7. The number of carbonyl (C=O) groups is 2. The van der Waals surface area contributed by atoms with Crippen molar-refractivity contribution in [3.8, 4) is 5.75 Å². The molecule has 3 aliphatic carbocycles. The summed E-state index contributed by atoms with van der Waals surface area (Å²) in [4.78, 5) is 28.9. The normalized spacial score (nSPS) is 32.8. The van der Waals surface area contributed by atoms with Gasteiger partial charge in [-0.1, -0.05) is 36.7 Å². The van der Waals surface area contributed by atoms with Crippen LogP contribution in [-0.2, 0) is 21.2 Å². The van der Waals surface area contributed by atoms with Crippen molar-refractivity contribution in [1.82, 2.24) is 10.0 Å². The minimum absolute atomic E-state index is 0.0452. The molecule has 0 aromatic heterocycles. The van der Waals surface area contributed by atoms with E-state index in [4.69, 9.17) is 21.1 Å². The SMILES string of the molecule is CO[C@H]1/C=C/C[C@H](C)C[S@@](=O)(NC(=O)NC2CC2)=NC(=O)c2ccc3c(c2)N(Cc2ccc(Cl)cc2[C@H]2C[C@H]2CCO3)C[C@@H]2CC[C@H]21. The van der Waals surface area contributed by atoms with Gasteiger partial charge in [0.1, 0.15) is 15.7 Å². The smallest absolute Gasteiger partial charge is 0.327 e. The van der Waals surface area contributed by atoms with Crippen LogP contribution in [-0.4, -0.2) is 54.3 Å². The summed E-state index contributed by atoms with van der Waals surface area (Å²) >= 11 is 6.53. The Bertz CT molecular complexity index is 1690. The molecular weight excluding hydrogens is 636 g/mol. The van der Waals surface area contributed by atoms with Gasteiger partial charge in [0.25, 0.3) is 5.91 Å². The number of hydrogen-bond acceptors (Lipinski definition) is 6. The zero-order valence-corrected chi connectivity index (χ0v) is 28.7. The van der Waals surface area contributed by atoms with Crippen LogP contribution < -0.4 is 19.7 Å². The zero-order valence-electron chi connectivity index (χ0n) is 27.2. The molecule has 2 heterocycles. The molecule has 0 radical (unpaired) electrons. The Morgan fingerprint density at radius 3 is 2.72 bits per heavy atom. The molecule has 0 saturated heterocycles. The number of ether oxygens (including phenoxy) is 2. The molecule has 3 saturated carbocycles. The highest BCUT2D eigenvalue weighted by Gasteiger charge is 2.41. The van der Waals surface area contributed by atoms with E-state index in [-0.39, 0.29) is 23.8 Å². The summed E-state index contributed by atoms with van der Waals surface area (Å²) in [6, 6.07) is 11.1. The lowest BCUT2D eigenvalue weighted by Gasteiger charge is -2.43. The van der Waals surface area contributed by atoms with Gasteiger partial charge in [-0.15, -0.1) is 4.36 Å². The molecule has 2 aromatic carbocycles. The Morgan fingerprint density at radius 1 is 1.11 bits per heavy atom. The molecule has 7 atom stereocenters. The molecule has 11 heteroatoms. The summed E-state index contributed by atoms with van der Waals surface area (Å²) in [6.45, 7) is 3.93. The number of amides is 3. The monoisotopic (exact) mass is 680 g/mol. The Balaban J connectivity index is 1.31. The van der Waals surface area contributed by atoms with Gasteiger partial charge in [-0.25, -0.2) is 9.00 Å². The fourth-order valence-corrected chi connectivity index (χ4v) is 9.52. The first-order chi connectivity index (χ1) is 22.7. The number of halogens is 1. The van der Waals surface area contributed by atoms with Crippen LogP contribution in [0.4, 0.5) is 10.5 Å². The summed E-state index contributed by atoms with van der Waals surface area (Å²) in [6.07, 6.45) is 10.8. The van der Waals surface area contributed by atoms with Gasteiger partial charge in [-0.2, -0.15) is 0 Å². The summed E-state index contributed by atoms with van der Waals surface area (Å²) in [7, 11) is -1.66. The lowest BCUT2D eigenvalue weighted by Crippen LogP contribution is -2.43. The molecule has 0 unspecified atom stereocenters. The number of fused-ring (bicyclic) bond motifs is 5. The van der Waals surface area contributed by atoms with Crippen molar-refractivity contribution in [2.45, 2.75) is 76.5 Å². The largest absolute Gasteiger partial charge is 0.491 e. The molecule has 252 valence electrons. The molecule has 3 amide bonds. The predicted octanol–water partition coefficient (Wildman–Crippen LogP) is 6.85. The molecule has 2 aliphatic heterocycles. The fraction of sp³-hybridized carbons (Fsp3) is 0.556. The molecule has 7 rings (SSSR count). The van der Waals surface area contributed by atoms with E-state index in [1.165, 1.54) is 11.1 Å². The first-order valence-corrected chi connectivity index (χ1v) is 19.1. The van der Waals surface area contributed by atoms with Gasteiger partial charge in [0, 0.05) is 36.8 Å². The highest BCUT2D eigenvalue weighted by Crippen LogP contribution is 2.52. The van der Waals surface area contributed by atoms with Crippen LogP contribution in [0.25, 0.3) is 0 Å². The Labute approximate surface area is 283 Å². The summed E-state index contributed by atoms with van der Waals surface area (Å²) < 4.78 is 33.5. The maximum absolute atomic E-state index is 14.2. The second-order valence-corrected chi connectivity index (χ2v) is 16.6. The number of urea groups is 1. The quantitative estimate of drug-likeness (QED) is 0.343. The lowest BCUT2D eigenvalue weighted by atomic mass is 9.70. The van der Waals surface area contributed by atoms with Crippen LogP contribution in [0, 0.1) is 23.7 Å². The average Bonchev–Trinajstić information content (AvgIpc) is 3.95. The molecule has 2 aromatic rings. The molecule has 2 N–H and O–H groups in total. The summed E-state index contributed by atoms with van der Waals surface area (Å²) in [5.41, 5.74) is 3.65. The molecule has 5 aliphatic rings. The molecule has 47 heavy (non-hydrogen) atoms. The number of carbonyl (C=O) groups excluding carboxylic acids is 2. The van der Waals surface area contributed by atoms with Crippen molar-refractivity contribution in [2.75, 3.05) is 30.9 Å². The van der Waals surface area contributed by atoms with Crippen LogP contribution in [0.15, 0.2) is 52.9 Å². The van der Waals surface area contributed by atoms with Gasteiger partial charge in [-0.3, -0.25) is 9.52 Å². The third-order valence-corrected chi connectivity index (χ3v) is 12.7. The second kappa shape index (κ2) is 13.4. The maximum Gasteiger partial charge on any atom is 0.327 e. The van der Waals surface area contributed by atoms with Crippen LogP contribution in [0.1, 0.15) is 79.3 Å². The van der Waals surface area contributed by atoms with Crippen molar-refractivity contribution < 1.29 is 23.3 Å². The van der Waals surface area contributed by atoms with E-state index in [2.05, 4.69) is 43.6 Å². The van der Waals surface area contributed by atoms with Crippen molar-refractivity contribution in [1.29, 1.82) is 0 Å². The van der Waals surface area contributed by atoms with Gasteiger partial charge < -0.3 is 19.7 Å². The van der Waals surface area contributed by atoms with Gasteiger partial charge in [0.15, 0.2) is 0 Å². The van der Waals surface area contributed by atoms with Crippen LogP contribution >= 0.6 is 11.6 Å². The standard InChI is InChI=1S/C36H45ClN4O5S/c1-22-4-3-5-33(45-2)29-12-7-25(29)19-41-20-26-6-9-27(37)18-31(26)30-16-23(30)14-15-46-34-13-8-24(17-32(34)41)35(42)39-47(44,21-22)40-36(43)38-28-10-11-28/h3,5-6,8-9,13,17-18,22-23,25,28-30,33H,4,7,10-12,14-16,19-21H2,1-2H3,(H2,38,39,40,42,43,44)/b5-3+/t22-,23+,25-,29+,30-,33-,47-/m0/s1. The number of anilines is 1. The first-order valence-electron chi connectivity index (χ1n) is 17.0. The fourth-order valence-electron chi connectivity index (χ4n) is 7.50. The number of nitrogens with one attached hydrogen (secondary N) is 2. The topological polar surface area (TPSA) is 109 Å². The Hall–Kier alpha value is -3.08. The van der Waals surface area contributed by atoms with Crippen LogP contribution in [0.3, 0.4) is 0 Å². The highest BCUT2D eigenvalue weighted by atomic mass is 35.5. The molecule has 2 bridgehead atoms. The Kier molecular flexibility index (Phi) is 9.28. The number of methoxy groups -OCH3 is 1. The second-order valence-electron chi connectivity index (χ2n) is 14.2. The van der Waals surface area contributed by atoms with E-state index >= 15 is 0 Å². The predicted molar refractivity (Wildman–Crippen MR) is 184 cm³/mol. The third kappa shape index (κ3) is 7.50. The maximum atomic E-state index is 14.2. The minimum atomic E-state index is -3.43. The minimum Gasteiger partial charge on any atom is -0.491 e. The van der Waals surface area contributed by atoms with Crippen molar-refractivity contribution in [2.24, 2.45) is 28.0 Å². The molecule has 9 nitrogen and oxygen atoms in total. The lowest BCUT2D eigenvalue weighted by molar-refractivity contribution is 0.0133.